The predicted molar refractivity (Wildman–Crippen MR) is 86.6 cm³/mol. The van der Waals surface area contributed by atoms with Crippen molar-refractivity contribution in [1.29, 1.82) is 0 Å². The van der Waals surface area contributed by atoms with Crippen LogP contribution in [0.5, 0.6) is 0 Å². The fourth-order valence-corrected chi connectivity index (χ4v) is 3.30. The van der Waals surface area contributed by atoms with E-state index in [2.05, 4.69) is 6.92 Å². The number of aliphatic hydroxyl groups excluding tert-OH is 6. The maximum atomic E-state index is 10.3. The first kappa shape index (κ1) is 20.9. The number of likely N-dealkylation sites (tertiary alicyclic amines) is 1. The van der Waals surface area contributed by atoms with Crippen molar-refractivity contribution < 1.29 is 40.1 Å². The third-order valence-electron chi connectivity index (χ3n) is 4.96. The second-order valence-electron chi connectivity index (χ2n) is 6.90. The number of unbranched alkanes of at least 4 members (excludes halogenated alkanes) is 2. The van der Waals surface area contributed by atoms with Crippen molar-refractivity contribution in [3.8, 4) is 0 Å². The molecular formula is C16H31NO8. The lowest BCUT2D eigenvalue weighted by molar-refractivity contribution is -0.277. The molecule has 0 radical (unpaired) electrons. The summed E-state index contributed by atoms with van der Waals surface area (Å²) in [5.74, 6) is 0. The topological polar surface area (TPSA) is 143 Å². The van der Waals surface area contributed by atoms with Gasteiger partial charge in [0, 0.05) is 6.54 Å². The molecule has 2 fully saturated rings. The van der Waals surface area contributed by atoms with Crippen LogP contribution in [0, 0.1) is 0 Å². The van der Waals surface area contributed by atoms with Crippen LogP contribution in [0.1, 0.15) is 26.2 Å². The summed E-state index contributed by atoms with van der Waals surface area (Å²) in [5.41, 5.74) is 0. The average Bonchev–Trinajstić information content (AvgIpc) is 2.59. The molecule has 148 valence electrons. The van der Waals surface area contributed by atoms with Crippen molar-refractivity contribution in [2.45, 2.75) is 75.1 Å². The fourth-order valence-electron chi connectivity index (χ4n) is 3.30. The van der Waals surface area contributed by atoms with Gasteiger partial charge in [0.15, 0.2) is 6.29 Å². The highest BCUT2D eigenvalue weighted by molar-refractivity contribution is 4.94. The van der Waals surface area contributed by atoms with Crippen molar-refractivity contribution in [1.82, 2.24) is 4.90 Å². The number of hydrogen-bond acceptors (Lipinski definition) is 9. The summed E-state index contributed by atoms with van der Waals surface area (Å²) >= 11 is 0. The van der Waals surface area contributed by atoms with Crippen molar-refractivity contribution >= 4 is 0 Å². The predicted octanol–water partition coefficient (Wildman–Crippen LogP) is -2.60. The van der Waals surface area contributed by atoms with Crippen LogP contribution in [0.4, 0.5) is 0 Å². The van der Waals surface area contributed by atoms with Gasteiger partial charge in [0.2, 0.25) is 0 Å². The molecule has 9 heteroatoms. The van der Waals surface area contributed by atoms with Crippen LogP contribution in [0.15, 0.2) is 0 Å². The number of hydrogen-bond donors (Lipinski definition) is 6. The number of aliphatic hydroxyl groups is 6. The molecule has 0 aromatic rings. The molecule has 0 aromatic carbocycles. The van der Waals surface area contributed by atoms with Gasteiger partial charge in [0.25, 0.3) is 0 Å². The number of rotatable bonds is 7. The van der Waals surface area contributed by atoms with Crippen LogP contribution in [0.2, 0.25) is 0 Å². The Balaban J connectivity index is 1.95. The maximum Gasteiger partial charge on any atom is 0.186 e. The van der Waals surface area contributed by atoms with Gasteiger partial charge in [-0.05, 0) is 13.0 Å². The van der Waals surface area contributed by atoms with Gasteiger partial charge >= 0.3 is 0 Å². The Labute approximate surface area is 147 Å². The van der Waals surface area contributed by atoms with Crippen LogP contribution in [0.25, 0.3) is 0 Å². The first-order valence-electron chi connectivity index (χ1n) is 8.92. The Hall–Kier alpha value is -0.360. The third kappa shape index (κ3) is 5.09. The highest BCUT2D eigenvalue weighted by atomic mass is 16.7. The fraction of sp³-hybridized carbons (Fsp3) is 1.00. The van der Waals surface area contributed by atoms with E-state index < -0.39 is 49.0 Å². The number of ether oxygens (including phenoxy) is 2. The monoisotopic (exact) mass is 365 g/mol. The molecule has 8 atom stereocenters. The molecule has 0 saturated carbocycles. The van der Waals surface area contributed by atoms with Gasteiger partial charge in [0.1, 0.15) is 30.5 Å². The lowest BCUT2D eigenvalue weighted by Gasteiger charge is -2.44. The second-order valence-corrected chi connectivity index (χ2v) is 6.90. The molecule has 2 heterocycles. The van der Waals surface area contributed by atoms with Gasteiger partial charge in [-0.25, -0.2) is 0 Å². The van der Waals surface area contributed by atoms with E-state index in [0.717, 1.165) is 19.3 Å². The Bertz CT molecular complexity index is 400. The number of β-amino-alcohol motifs (C(OH)–C–C–N with tert-alkyl or cyclic N) is 1. The van der Waals surface area contributed by atoms with Gasteiger partial charge < -0.3 is 40.1 Å². The zero-order chi connectivity index (χ0) is 18.6. The van der Waals surface area contributed by atoms with Gasteiger partial charge in [-0.3, -0.25) is 4.90 Å². The van der Waals surface area contributed by atoms with Crippen LogP contribution in [0.3, 0.4) is 0 Å². The Kier molecular flexibility index (Phi) is 7.99. The minimum atomic E-state index is -1.41. The molecule has 6 N–H and O–H groups in total. The standard InChI is InChI=1S/C16H31NO8/c1-2-3-4-5-17-6-10(18)13(21)12(20)9(17)7-24-16-15(23)14(22)11(19)8-25-16/h9-16,18-23H,2-8H2,1H3. The van der Waals surface area contributed by atoms with Crippen molar-refractivity contribution in [3.63, 3.8) is 0 Å². The van der Waals surface area contributed by atoms with E-state index in [1.54, 1.807) is 0 Å². The number of piperidine rings is 1. The summed E-state index contributed by atoms with van der Waals surface area (Å²) in [5, 5.41) is 59.2. The highest BCUT2D eigenvalue weighted by Crippen LogP contribution is 2.23. The molecule has 2 aliphatic rings. The molecule has 0 aliphatic carbocycles. The molecule has 2 rings (SSSR count). The molecule has 9 nitrogen and oxygen atoms in total. The summed E-state index contributed by atoms with van der Waals surface area (Å²) in [7, 11) is 0. The van der Waals surface area contributed by atoms with E-state index in [1.165, 1.54) is 0 Å². The van der Waals surface area contributed by atoms with Crippen molar-refractivity contribution in [2.24, 2.45) is 0 Å². The summed E-state index contributed by atoms with van der Waals surface area (Å²) in [6.07, 6.45) is -5.70. The largest absolute Gasteiger partial charge is 0.389 e. The Morgan fingerprint density at radius 2 is 1.60 bits per heavy atom. The van der Waals surface area contributed by atoms with Crippen LogP contribution in [-0.4, -0.2) is 111 Å². The molecule has 25 heavy (non-hydrogen) atoms. The third-order valence-corrected chi connectivity index (χ3v) is 4.96. The molecule has 2 saturated heterocycles. The van der Waals surface area contributed by atoms with Gasteiger partial charge in [-0.2, -0.15) is 0 Å². The summed E-state index contributed by atoms with van der Waals surface area (Å²) in [6.45, 7) is 2.70. The quantitative estimate of drug-likeness (QED) is 0.268. The SMILES string of the molecule is CCCCCN1CC(O)C(O)C(O)C1COC1OCC(O)C(O)C1O. The normalized spacial score (nSPS) is 43.3. The number of nitrogens with zero attached hydrogens (tertiary/aromatic N) is 1. The first-order chi connectivity index (χ1) is 11.9. The van der Waals surface area contributed by atoms with E-state index in [0.29, 0.717) is 6.54 Å². The molecule has 2 aliphatic heterocycles. The van der Waals surface area contributed by atoms with Gasteiger partial charge in [-0.15, -0.1) is 0 Å². The van der Waals surface area contributed by atoms with Crippen LogP contribution < -0.4 is 0 Å². The molecule has 8 unspecified atom stereocenters. The lowest BCUT2D eigenvalue weighted by atomic mass is 9.94. The Morgan fingerprint density at radius 3 is 2.28 bits per heavy atom. The first-order valence-corrected chi connectivity index (χ1v) is 8.92. The molecule has 0 bridgehead atoms. The second kappa shape index (κ2) is 9.54. The van der Waals surface area contributed by atoms with E-state index in [1.807, 2.05) is 4.90 Å². The zero-order valence-electron chi connectivity index (χ0n) is 14.5. The molecule has 0 amide bonds. The van der Waals surface area contributed by atoms with Gasteiger partial charge in [0.05, 0.1) is 25.4 Å². The van der Waals surface area contributed by atoms with E-state index in [9.17, 15) is 30.6 Å². The van der Waals surface area contributed by atoms with E-state index in [-0.39, 0.29) is 19.8 Å². The van der Waals surface area contributed by atoms with Gasteiger partial charge in [-0.1, -0.05) is 19.8 Å². The van der Waals surface area contributed by atoms with E-state index >= 15 is 0 Å². The summed E-state index contributed by atoms with van der Waals surface area (Å²) in [6, 6.07) is -0.574. The van der Waals surface area contributed by atoms with Crippen LogP contribution in [-0.2, 0) is 9.47 Å². The Morgan fingerprint density at radius 1 is 0.920 bits per heavy atom. The molecule has 0 spiro atoms. The summed E-state index contributed by atoms with van der Waals surface area (Å²) < 4.78 is 10.7. The molecule has 0 aromatic heterocycles. The lowest BCUT2D eigenvalue weighted by Crippen LogP contribution is -2.63. The van der Waals surface area contributed by atoms with E-state index in [4.69, 9.17) is 9.47 Å². The smallest absolute Gasteiger partial charge is 0.186 e. The average molecular weight is 365 g/mol. The minimum absolute atomic E-state index is 0.0540. The maximum absolute atomic E-state index is 10.3. The summed E-state index contributed by atoms with van der Waals surface area (Å²) in [4.78, 5) is 1.86. The highest BCUT2D eigenvalue weighted by Gasteiger charge is 2.43. The zero-order valence-corrected chi connectivity index (χ0v) is 14.5. The van der Waals surface area contributed by atoms with Crippen LogP contribution >= 0.6 is 0 Å². The minimum Gasteiger partial charge on any atom is -0.389 e. The molecular weight excluding hydrogens is 334 g/mol. The van der Waals surface area contributed by atoms with Crippen molar-refractivity contribution in [3.05, 3.63) is 0 Å². The van der Waals surface area contributed by atoms with Crippen molar-refractivity contribution in [2.75, 3.05) is 26.3 Å².